The average molecular weight is 349 g/mol. The summed E-state index contributed by atoms with van der Waals surface area (Å²) in [6.45, 7) is 0.426. The number of pyridine rings is 1. The van der Waals surface area contributed by atoms with E-state index in [1.165, 1.54) is 32.1 Å². The number of rotatable bonds is 3. The summed E-state index contributed by atoms with van der Waals surface area (Å²) >= 11 is 5.98. The number of hydrogen-bond acceptors (Lipinski definition) is 2. The van der Waals surface area contributed by atoms with Crippen molar-refractivity contribution >= 4 is 23.3 Å². The van der Waals surface area contributed by atoms with Gasteiger partial charge in [-0.1, -0.05) is 43.7 Å². The van der Waals surface area contributed by atoms with Crippen LogP contribution in [0.15, 0.2) is 24.5 Å². The van der Waals surface area contributed by atoms with Crippen molar-refractivity contribution in [2.45, 2.75) is 57.5 Å². The number of imidazole rings is 1. The molecule has 2 aromatic heterocycles. The Morgan fingerprint density at radius 3 is 2.71 bits per heavy atom. The third-order valence-electron chi connectivity index (χ3n) is 4.83. The second-order valence-electron chi connectivity index (χ2n) is 6.61. The third-order valence-corrected chi connectivity index (χ3v) is 5.05. The maximum atomic E-state index is 12.4. The molecule has 2 aromatic rings. The molecule has 1 aliphatic rings. The van der Waals surface area contributed by atoms with Crippen molar-refractivity contribution in [1.82, 2.24) is 19.6 Å². The zero-order chi connectivity index (χ0) is 16.9. The molecular weight excluding hydrogens is 324 g/mol. The molecule has 2 heterocycles. The predicted molar refractivity (Wildman–Crippen MR) is 96.3 cm³/mol. The summed E-state index contributed by atoms with van der Waals surface area (Å²) in [7, 11) is 1.91. The standard InChI is InChI=1S/C18H25ClN4O/c1-22(16-7-5-3-2-4-6-8-16)18(24)20-11-15-13-23-12-14(19)9-10-17(23)21-15/h9-10,12-13,16H,2-8,11H2,1H3,(H,20,24). The fourth-order valence-electron chi connectivity index (χ4n) is 3.38. The number of halogens is 1. The van der Waals surface area contributed by atoms with Crippen LogP contribution in [0.1, 0.15) is 50.6 Å². The Balaban J connectivity index is 1.56. The predicted octanol–water partition coefficient (Wildman–Crippen LogP) is 4.24. The number of carbonyl (C=O) groups excluding carboxylic acids is 1. The molecule has 1 aliphatic carbocycles. The normalized spacial score (nSPS) is 16.6. The largest absolute Gasteiger partial charge is 0.332 e. The van der Waals surface area contributed by atoms with Gasteiger partial charge in [-0.15, -0.1) is 0 Å². The summed E-state index contributed by atoms with van der Waals surface area (Å²) in [5.41, 5.74) is 1.66. The molecule has 0 spiro atoms. The minimum absolute atomic E-state index is 0.0179. The van der Waals surface area contributed by atoms with Crippen LogP contribution in [-0.4, -0.2) is 33.4 Å². The maximum Gasteiger partial charge on any atom is 0.317 e. The molecule has 0 saturated heterocycles. The first-order valence-electron chi connectivity index (χ1n) is 8.77. The van der Waals surface area contributed by atoms with E-state index in [1.54, 1.807) is 0 Å². The molecule has 3 rings (SSSR count). The van der Waals surface area contributed by atoms with Gasteiger partial charge in [0.1, 0.15) is 5.65 Å². The van der Waals surface area contributed by atoms with Gasteiger partial charge in [0.2, 0.25) is 0 Å². The molecule has 0 bridgehead atoms. The Hall–Kier alpha value is -1.75. The molecule has 0 atom stereocenters. The molecule has 1 saturated carbocycles. The molecule has 2 amide bonds. The molecule has 1 N–H and O–H groups in total. The van der Waals surface area contributed by atoms with Crippen LogP contribution < -0.4 is 5.32 Å². The highest BCUT2D eigenvalue weighted by atomic mass is 35.5. The lowest BCUT2D eigenvalue weighted by Gasteiger charge is -2.29. The Kier molecular flexibility index (Phi) is 5.61. The van der Waals surface area contributed by atoms with Crippen molar-refractivity contribution in [2.24, 2.45) is 0 Å². The molecule has 0 aromatic carbocycles. The van der Waals surface area contributed by atoms with Gasteiger partial charge >= 0.3 is 6.03 Å². The quantitative estimate of drug-likeness (QED) is 0.901. The molecule has 0 unspecified atom stereocenters. The van der Waals surface area contributed by atoms with E-state index in [9.17, 15) is 4.79 Å². The highest BCUT2D eigenvalue weighted by molar-refractivity contribution is 6.30. The molecule has 0 aliphatic heterocycles. The summed E-state index contributed by atoms with van der Waals surface area (Å²) in [5.74, 6) is 0. The van der Waals surface area contributed by atoms with Crippen LogP contribution >= 0.6 is 11.6 Å². The first-order chi connectivity index (χ1) is 11.6. The van der Waals surface area contributed by atoms with E-state index in [0.717, 1.165) is 24.2 Å². The van der Waals surface area contributed by atoms with Gasteiger partial charge in [-0.05, 0) is 25.0 Å². The number of nitrogens with zero attached hydrogens (tertiary/aromatic N) is 3. The fourth-order valence-corrected chi connectivity index (χ4v) is 3.55. The van der Waals surface area contributed by atoms with Gasteiger partial charge in [-0.2, -0.15) is 0 Å². The minimum atomic E-state index is -0.0179. The molecule has 1 fully saturated rings. The summed E-state index contributed by atoms with van der Waals surface area (Å²) in [5, 5.41) is 3.65. The van der Waals surface area contributed by atoms with Crippen LogP contribution in [-0.2, 0) is 6.54 Å². The lowest BCUT2D eigenvalue weighted by atomic mass is 9.96. The minimum Gasteiger partial charge on any atom is -0.332 e. The molecule has 6 heteroatoms. The molecular formula is C18H25ClN4O. The number of carbonyl (C=O) groups is 1. The van der Waals surface area contributed by atoms with E-state index in [1.807, 2.05) is 40.9 Å². The monoisotopic (exact) mass is 348 g/mol. The SMILES string of the molecule is CN(C(=O)NCc1cn2cc(Cl)ccc2n1)C1CCCCCCC1. The second kappa shape index (κ2) is 7.88. The van der Waals surface area contributed by atoms with E-state index >= 15 is 0 Å². The Morgan fingerprint density at radius 2 is 1.96 bits per heavy atom. The number of aromatic nitrogens is 2. The van der Waals surface area contributed by atoms with Crippen molar-refractivity contribution < 1.29 is 4.79 Å². The maximum absolute atomic E-state index is 12.4. The van der Waals surface area contributed by atoms with Crippen LogP contribution in [0.3, 0.4) is 0 Å². The van der Waals surface area contributed by atoms with Gasteiger partial charge in [-0.3, -0.25) is 0 Å². The first kappa shape index (κ1) is 17.1. The van der Waals surface area contributed by atoms with Crippen LogP contribution in [0.25, 0.3) is 5.65 Å². The highest BCUT2D eigenvalue weighted by Crippen LogP contribution is 2.20. The number of fused-ring (bicyclic) bond motifs is 1. The lowest BCUT2D eigenvalue weighted by molar-refractivity contribution is 0.178. The van der Waals surface area contributed by atoms with Crippen molar-refractivity contribution in [3.63, 3.8) is 0 Å². The first-order valence-corrected chi connectivity index (χ1v) is 9.15. The summed E-state index contributed by atoms with van der Waals surface area (Å²) < 4.78 is 1.88. The van der Waals surface area contributed by atoms with Gasteiger partial charge in [-0.25, -0.2) is 9.78 Å². The van der Waals surface area contributed by atoms with Crippen LogP contribution in [0.2, 0.25) is 5.02 Å². The van der Waals surface area contributed by atoms with Crippen molar-refractivity contribution in [1.29, 1.82) is 0 Å². The topological polar surface area (TPSA) is 49.6 Å². The van der Waals surface area contributed by atoms with E-state index in [2.05, 4.69) is 10.3 Å². The Bertz CT molecular complexity index is 691. The van der Waals surface area contributed by atoms with E-state index in [4.69, 9.17) is 11.6 Å². The van der Waals surface area contributed by atoms with Crippen LogP contribution in [0.4, 0.5) is 4.79 Å². The third kappa shape index (κ3) is 4.20. The Morgan fingerprint density at radius 1 is 1.25 bits per heavy atom. The number of urea groups is 1. The highest BCUT2D eigenvalue weighted by Gasteiger charge is 2.20. The number of hydrogen-bond donors (Lipinski definition) is 1. The van der Waals surface area contributed by atoms with Crippen molar-refractivity contribution in [3.8, 4) is 0 Å². The van der Waals surface area contributed by atoms with Gasteiger partial charge in [0, 0.05) is 25.5 Å². The van der Waals surface area contributed by atoms with Crippen LogP contribution in [0, 0.1) is 0 Å². The Labute approximate surface area is 148 Å². The summed E-state index contributed by atoms with van der Waals surface area (Å²) in [6, 6.07) is 4.02. The van der Waals surface area contributed by atoms with E-state index < -0.39 is 0 Å². The van der Waals surface area contributed by atoms with Gasteiger partial charge in [0.15, 0.2) is 0 Å². The summed E-state index contributed by atoms with van der Waals surface area (Å²) in [4.78, 5) is 18.8. The van der Waals surface area contributed by atoms with Gasteiger partial charge in [0.25, 0.3) is 0 Å². The smallest absolute Gasteiger partial charge is 0.317 e. The molecule has 5 nitrogen and oxygen atoms in total. The lowest BCUT2D eigenvalue weighted by Crippen LogP contribution is -2.43. The number of amides is 2. The molecule has 130 valence electrons. The van der Waals surface area contributed by atoms with Crippen molar-refractivity contribution in [3.05, 3.63) is 35.2 Å². The zero-order valence-corrected chi connectivity index (χ0v) is 14.9. The zero-order valence-electron chi connectivity index (χ0n) is 14.2. The van der Waals surface area contributed by atoms with E-state index in [0.29, 0.717) is 17.6 Å². The van der Waals surface area contributed by atoms with Crippen molar-refractivity contribution in [2.75, 3.05) is 7.05 Å². The van der Waals surface area contributed by atoms with Crippen LogP contribution in [0.5, 0.6) is 0 Å². The fraction of sp³-hybridized carbons (Fsp3) is 0.556. The average Bonchev–Trinajstić information content (AvgIpc) is 2.93. The van der Waals surface area contributed by atoms with Gasteiger partial charge < -0.3 is 14.6 Å². The molecule has 24 heavy (non-hydrogen) atoms. The second-order valence-corrected chi connectivity index (χ2v) is 7.05. The van der Waals surface area contributed by atoms with Gasteiger partial charge in [0.05, 0.1) is 17.3 Å². The summed E-state index contributed by atoms with van der Waals surface area (Å²) in [6.07, 6.45) is 12.3. The molecule has 0 radical (unpaired) electrons. The van der Waals surface area contributed by atoms with E-state index in [-0.39, 0.29) is 6.03 Å². The number of nitrogens with one attached hydrogen (secondary N) is 1.